The quantitative estimate of drug-likeness (QED) is 0.650. The SMILES string of the molecule is Cc1cc(NC(=O)c2c[nH]c3ccc(Cl)cc23)ccc1Br. The van der Waals surface area contributed by atoms with E-state index in [2.05, 4.69) is 26.2 Å². The summed E-state index contributed by atoms with van der Waals surface area (Å²) < 4.78 is 1.01. The van der Waals surface area contributed by atoms with Crippen molar-refractivity contribution in [2.75, 3.05) is 5.32 Å². The van der Waals surface area contributed by atoms with Crippen molar-refractivity contribution in [2.45, 2.75) is 6.92 Å². The Kier molecular flexibility index (Phi) is 3.74. The molecule has 0 radical (unpaired) electrons. The van der Waals surface area contributed by atoms with Crippen LogP contribution >= 0.6 is 27.5 Å². The smallest absolute Gasteiger partial charge is 0.257 e. The summed E-state index contributed by atoms with van der Waals surface area (Å²) in [5.74, 6) is -0.162. The van der Waals surface area contributed by atoms with Gasteiger partial charge in [-0.25, -0.2) is 0 Å². The van der Waals surface area contributed by atoms with E-state index in [1.165, 1.54) is 0 Å². The lowest BCUT2D eigenvalue weighted by molar-refractivity contribution is 0.102. The number of amides is 1. The fourth-order valence-electron chi connectivity index (χ4n) is 2.20. The van der Waals surface area contributed by atoms with E-state index in [4.69, 9.17) is 11.6 Å². The van der Waals surface area contributed by atoms with Crippen molar-refractivity contribution in [1.82, 2.24) is 4.98 Å². The van der Waals surface area contributed by atoms with Crippen molar-refractivity contribution < 1.29 is 4.79 Å². The number of rotatable bonds is 2. The molecule has 1 amide bonds. The first kappa shape index (κ1) is 14.2. The number of aryl methyl sites for hydroxylation is 1. The van der Waals surface area contributed by atoms with Gasteiger partial charge in [-0.05, 0) is 48.9 Å². The number of carbonyl (C=O) groups excluding carboxylic acids is 1. The number of nitrogens with one attached hydrogen (secondary N) is 2. The van der Waals surface area contributed by atoms with Crippen molar-refractivity contribution in [3.05, 3.63) is 63.2 Å². The van der Waals surface area contributed by atoms with Crippen LogP contribution in [0.4, 0.5) is 5.69 Å². The van der Waals surface area contributed by atoms with E-state index < -0.39 is 0 Å². The average molecular weight is 364 g/mol. The molecule has 3 aromatic rings. The molecule has 0 bridgehead atoms. The Morgan fingerprint density at radius 3 is 2.81 bits per heavy atom. The van der Waals surface area contributed by atoms with Crippen LogP contribution in [0, 0.1) is 6.92 Å². The second-order valence-electron chi connectivity index (χ2n) is 4.81. The largest absolute Gasteiger partial charge is 0.360 e. The fourth-order valence-corrected chi connectivity index (χ4v) is 2.62. The van der Waals surface area contributed by atoms with Crippen LogP contribution in [0.5, 0.6) is 0 Å². The summed E-state index contributed by atoms with van der Waals surface area (Å²) in [6.07, 6.45) is 1.70. The van der Waals surface area contributed by atoms with Crippen LogP contribution in [0.15, 0.2) is 47.1 Å². The number of aromatic amines is 1. The summed E-state index contributed by atoms with van der Waals surface area (Å²) in [4.78, 5) is 15.5. The van der Waals surface area contributed by atoms with Crippen molar-refractivity contribution >= 4 is 50.0 Å². The zero-order chi connectivity index (χ0) is 15.0. The maximum Gasteiger partial charge on any atom is 0.257 e. The number of hydrogen-bond donors (Lipinski definition) is 2. The van der Waals surface area contributed by atoms with Crippen LogP contribution in [0.3, 0.4) is 0 Å². The molecule has 2 aromatic carbocycles. The molecule has 0 aliphatic carbocycles. The molecule has 5 heteroatoms. The van der Waals surface area contributed by atoms with Gasteiger partial charge in [0.05, 0.1) is 5.56 Å². The Bertz CT molecular complexity index is 841. The second kappa shape index (κ2) is 5.54. The molecule has 106 valence electrons. The Morgan fingerprint density at radius 1 is 1.24 bits per heavy atom. The molecule has 3 nitrogen and oxygen atoms in total. The molecule has 1 aromatic heterocycles. The highest BCUT2D eigenvalue weighted by Gasteiger charge is 2.12. The monoisotopic (exact) mass is 362 g/mol. The molecule has 0 fully saturated rings. The number of aromatic nitrogens is 1. The number of carbonyl (C=O) groups is 1. The molecule has 1 heterocycles. The number of halogens is 2. The van der Waals surface area contributed by atoms with Gasteiger partial charge in [-0.3, -0.25) is 4.79 Å². The van der Waals surface area contributed by atoms with Crippen LogP contribution in [-0.4, -0.2) is 10.9 Å². The van der Waals surface area contributed by atoms with Crippen molar-refractivity contribution in [2.24, 2.45) is 0 Å². The van der Waals surface area contributed by atoms with Crippen molar-refractivity contribution in [1.29, 1.82) is 0 Å². The first-order chi connectivity index (χ1) is 10.0. The summed E-state index contributed by atoms with van der Waals surface area (Å²) in [6.45, 7) is 1.98. The highest BCUT2D eigenvalue weighted by atomic mass is 79.9. The zero-order valence-electron chi connectivity index (χ0n) is 11.2. The van der Waals surface area contributed by atoms with Gasteiger partial charge in [-0.15, -0.1) is 0 Å². The van der Waals surface area contributed by atoms with Gasteiger partial charge in [0.25, 0.3) is 5.91 Å². The summed E-state index contributed by atoms with van der Waals surface area (Å²) in [6, 6.07) is 11.1. The molecule has 0 saturated carbocycles. The van der Waals surface area contributed by atoms with E-state index in [1.807, 2.05) is 31.2 Å². The highest BCUT2D eigenvalue weighted by Crippen LogP contribution is 2.24. The predicted molar refractivity (Wildman–Crippen MR) is 90.1 cm³/mol. The Balaban J connectivity index is 1.93. The maximum atomic E-state index is 12.4. The van der Waals surface area contributed by atoms with Crippen molar-refractivity contribution in [3.63, 3.8) is 0 Å². The molecule has 3 rings (SSSR count). The number of H-pyrrole nitrogens is 1. The van der Waals surface area contributed by atoms with E-state index in [0.717, 1.165) is 26.6 Å². The highest BCUT2D eigenvalue weighted by molar-refractivity contribution is 9.10. The Labute approximate surface area is 135 Å². The summed E-state index contributed by atoms with van der Waals surface area (Å²) in [5, 5.41) is 4.32. The first-order valence-electron chi connectivity index (χ1n) is 6.39. The zero-order valence-corrected chi connectivity index (χ0v) is 13.5. The molecule has 0 aliphatic rings. The molecule has 0 atom stereocenters. The topological polar surface area (TPSA) is 44.9 Å². The van der Waals surface area contributed by atoms with Gasteiger partial charge in [0.2, 0.25) is 0 Å². The van der Waals surface area contributed by atoms with Gasteiger partial charge in [-0.1, -0.05) is 27.5 Å². The van der Waals surface area contributed by atoms with Crippen LogP contribution in [0.1, 0.15) is 15.9 Å². The Morgan fingerprint density at radius 2 is 2.05 bits per heavy atom. The predicted octanol–water partition coefficient (Wildman–Crippen LogP) is 5.14. The average Bonchev–Trinajstić information content (AvgIpc) is 2.86. The van der Waals surface area contributed by atoms with Crippen LogP contribution in [0.2, 0.25) is 5.02 Å². The van der Waals surface area contributed by atoms with Gasteiger partial charge in [0.1, 0.15) is 0 Å². The lowest BCUT2D eigenvalue weighted by Gasteiger charge is -2.06. The molecular formula is C16H12BrClN2O. The van der Waals surface area contributed by atoms with E-state index in [0.29, 0.717) is 10.6 Å². The third-order valence-corrected chi connectivity index (χ3v) is 4.43. The Hall–Kier alpha value is -1.78. The van der Waals surface area contributed by atoms with E-state index in [-0.39, 0.29) is 5.91 Å². The minimum absolute atomic E-state index is 0.162. The number of anilines is 1. The van der Waals surface area contributed by atoms with Crippen LogP contribution in [-0.2, 0) is 0 Å². The van der Waals surface area contributed by atoms with Crippen molar-refractivity contribution in [3.8, 4) is 0 Å². The van der Waals surface area contributed by atoms with Gasteiger partial charge in [0.15, 0.2) is 0 Å². The third kappa shape index (κ3) is 2.82. The maximum absolute atomic E-state index is 12.4. The third-order valence-electron chi connectivity index (χ3n) is 3.30. The van der Waals surface area contributed by atoms with E-state index in [9.17, 15) is 4.79 Å². The second-order valence-corrected chi connectivity index (χ2v) is 6.10. The molecule has 2 N–H and O–H groups in total. The molecule has 0 aliphatic heterocycles. The standard InChI is InChI=1S/C16H12BrClN2O/c1-9-6-11(3-4-14(9)17)20-16(21)13-8-19-15-5-2-10(18)7-12(13)15/h2-8,19H,1H3,(H,20,21). The number of hydrogen-bond acceptors (Lipinski definition) is 1. The summed E-state index contributed by atoms with van der Waals surface area (Å²) in [7, 11) is 0. The first-order valence-corrected chi connectivity index (χ1v) is 7.56. The molecular weight excluding hydrogens is 352 g/mol. The summed E-state index contributed by atoms with van der Waals surface area (Å²) >= 11 is 9.44. The molecule has 0 saturated heterocycles. The molecule has 0 unspecified atom stereocenters. The molecule has 21 heavy (non-hydrogen) atoms. The normalized spacial score (nSPS) is 10.8. The van der Waals surface area contributed by atoms with E-state index >= 15 is 0 Å². The minimum atomic E-state index is -0.162. The van der Waals surface area contributed by atoms with Crippen LogP contribution < -0.4 is 5.32 Å². The fraction of sp³-hybridized carbons (Fsp3) is 0.0625. The minimum Gasteiger partial charge on any atom is -0.360 e. The van der Waals surface area contributed by atoms with E-state index in [1.54, 1.807) is 18.3 Å². The van der Waals surface area contributed by atoms with Gasteiger partial charge >= 0.3 is 0 Å². The van der Waals surface area contributed by atoms with Crippen LogP contribution in [0.25, 0.3) is 10.9 Å². The van der Waals surface area contributed by atoms with Gasteiger partial charge in [0, 0.05) is 32.3 Å². The van der Waals surface area contributed by atoms with Gasteiger partial charge < -0.3 is 10.3 Å². The van der Waals surface area contributed by atoms with Gasteiger partial charge in [-0.2, -0.15) is 0 Å². The molecule has 0 spiro atoms. The lowest BCUT2D eigenvalue weighted by Crippen LogP contribution is -2.11. The summed E-state index contributed by atoms with van der Waals surface area (Å²) in [5.41, 5.74) is 3.29. The number of fused-ring (bicyclic) bond motifs is 1. The number of benzene rings is 2. The lowest BCUT2D eigenvalue weighted by atomic mass is 10.1.